The molecular formula is C12H14BrNO. The van der Waals surface area contributed by atoms with E-state index in [1.807, 2.05) is 31.2 Å². The Bertz CT molecular complexity index is 410. The lowest BCUT2D eigenvalue weighted by molar-refractivity contribution is 0.302. The van der Waals surface area contributed by atoms with Crippen LogP contribution < -0.4 is 5.73 Å². The van der Waals surface area contributed by atoms with Crippen molar-refractivity contribution in [3.05, 3.63) is 51.8 Å². The van der Waals surface area contributed by atoms with Crippen molar-refractivity contribution in [1.29, 1.82) is 0 Å². The Kier molecular flexibility index (Phi) is 3.97. The molecule has 15 heavy (non-hydrogen) atoms. The standard InChI is InChI=1S/C12H14BrNO/c1-8-4-5-10(6-11(8)13)7-12(14)9(2)15-3/h4-7H,2,14H2,1,3H3/b12-7-. The van der Waals surface area contributed by atoms with E-state index in [0.717, 1.165) is 10.0 Å². The summed E-state index contributed by atoms with van der Waals surface area (Å²) in [5.41, 5.74) is 8.51. The van der Waals surface area contributed by atoms with Gasteiger partial charge >= 0.3 is 0 Å². The van der Waals surface area contributed by atoms with Gasteiger partial charge in [0.05, 0.1) is 12.8 Å². The third-order valence-electron chi connectivity index (χ3n) is 2.09. The van der Waals surface area contributed by atoms with Gasteiger partial charge in [0.2, 0.25) is 0 Å². The molecule has 0 fully saturated rings. The molecule has 0 atom stereocenters. The predicted molar refractivity (Wildman–Crippen MR) is 67.2 cm³/mol. The van der Waals surface area contributed by atoms with E-state index >= 15 is 0 Å². The van der Waals surface area contributed by atoms with E-state index in [2.05, 4.69) is 22.5 Å². The van der Waals surface area contributed by atoms with Gasteiger partial charge in [0.25, 0.3) is 0 Å². The molecule has 0 amide bonds. The van der Waals surface area contributed by atoms with E-state index in [9.17, 15) is 0 Å². The number of rotatable bonds is 3. The van der Waals surface area contributed by atoms with Gasteiger partial charge in [-0.15, -0.1) is 0 Å². The van der Waals surface area contributed by atoms with Crippen LogP contribution in [0.1, 0.15) is 11.1 Å². The highest BCUT2D eigenvalue weighted by Gasteiger charge is 1.99. The molecule has 0 saturated heterocycles. The summed E-state index contributed by atoms with van der Waals surface area (Å²) in [4.78, 5) is 0. The van der Waals surface area contributed by atoms with E-state index in [0.29, 0.717) is 11.5 Å². The average molecular weight is 268 g/mol. The molecule has 2 N–H and O–H groups in total. The fourth-order valence-corrected chi connectivity index (χ4v) is 1.47. The first-order valence-corrected chi connectivity index (χ1v) is 5.30. The lowest BCUT2D eigenvalue weighted by Gasteiger charge is -2.05. The van der Waals surface area contributed by atoms with Crippen LogP contribution in [-0.4, -0.2) is 7.11 Å². The van der Waals surface area contributed by atoms with Crippen LogP contribution in [0.5, 0.6) is 0 Å². The maximum atomic E-state index is 5.77. The number of aryl methyl sites for hydroxylation is 1. The van der Waals surface area contributed by atoms with Crippen LogP contribution in [0.2, 0.25) is 0 Å². The molecule has 0 aliphatic rings. The first-order valence-electron chi connectivity index (χ1n) is 4.51. The molecule has 1 aromatic carbocycles. The van der Waals surface area contributed by atoms with Crippen LogP contribution in [0.3, 0.4) is 0 Å². The summed E-state index contributed by atoms with van der Waals surface area (Å²) in [5, 5.41) is 0. The first kappa shape index (κ1) is 11.9. The van der Waals surface area contributed by atoms with Crippen LogP contribution in [-0.2, 0) is 4.74 Å². The van der Waals surface area contributed by atoms with Crippen molar-refractivity contribution in [2.24, 2.45) is 5.73 Å². The zero-order valence-electron chi connectivity index (χ0n) is 8.88. The van der Waals surface area contributed by atoms with Crippen LogP contribution in [0.15, 0.2) is 40.7 Å². The van der Waals surface area contributed by atoms with Crippen LogP contribution in [0.4, 0.5) is 0 Å². The molecule has 3 heteroatoms. The molecule has 0 aliphatic heterocycles. The number of halogens is 1. The summed E-state index contributed by atoms with van der Waals surface area (Å²) in [6.45, 7) is 5.72. The lowest BCUT2D eigenvalue weighted by atomic mass is 10.1. The van der Waals surface area contributed by atoms with Gasteiger partial charge in [-0.3, -0.25) is 0 Å². The molecule has 0 heterocycles. The van der Waals surface area contributed by atoms with Crippen LogP contribution >= 0.6 is 15.9 Å². The van der Waals surface area contributed by atoms with Gasteiger partial charge in [0.1, 0.15) is 5.76 Å². The molecule has 0 aliphatic carbocycles. The maximum Gasteiger partial charge on any atom is 0.134 e. The Morgan fingerprint density at radius 2 is 2.20 bits per heavy atom. The third kappa shape index (κ3) is 3.13. The summed E-state index contributed by atoms with van der Waals surface area (Å²) in [6.07, 6.45) is 1.83. The van der Waals surface area contributed by atoms with Crippen molar-refractivity contribution >= 4 is 22.0 Å². The smallest absolute Gasteiger partial charge is 0.134 e. The molecule has 1 aromatic rings. The quantitative estimate of drug-likeness (QED) is 0.674. The lowest BCUT2D eigenvalue weighted by Crippen LogP contribution is -2.01. The van der Waals surface area contributed by atoms with Crippen molar-refractivity contribution in [2.75, 3.05) is 7.11 Å². The number of methoxy groups -OCH3 is 1. The summed E-state index contributed by atoms with van der Waals surface area (Å²) in [6, 6.07) is 6.03. The molecule has 1 rings (SSSR count). The van der Waals surface area contributed by atoms with Gasteiger partial charge in [-0.2, -0.15) is 0 Å². The second kappa shape index (κ2) is 5.03. The molecule has 0 aromatic heterocycles. The normalized spacial score (nSPS) is 11.3. The molecular weight excluding hydrogens is 254 g/mol. The van der Waals surface area contributed by atoms with Crippen molar-refractivity contribution < 1.29 is 4.74 Å². The van der Waals surface area contributed by atoms with E-state index in [1.165, 1.54) is 5.56 Å². The van der Waals surface area contributed by atoms with E-state index in [4.69, 9.17) is 10.5 Å². The SMILES string of the molecule is C=C(OC)/C(N)=C/c1ccc(C)c(Br)c1. The van der Waals surface area contributed by atoms with Crippen molar-refractivity contribution in [3.8, 4) is 0 Å². The number of benzene rings is 1. The molecule has 2 nitrogen and oxygen atoms in total. The zero-order valence-corrected chi connectivity index (χ0v) is 10.5. The monoisotopic (exact) mass is 267 g/mol. The Balaban J connectivity index is 2.98. The second-order valence-electron chi connectivity index (χ2n) is 3.24. The van der Waals surface area contributed by atoms with Crippen LogP contribution in [0.25, 0.3) is 6.08 Å². The largest absolute Gasteiger partial charge is 0.495 e. The van der Waals surface area contributed by atoms with Gasteiger partial charge in [-0.25, -0.2) is 0 Å². The van der Waals surface area contributed by atoms with Crippen molar-refractivity contribution in [2.45, 2.75) is 6.92 Å². The van der Waals surface area contributed by atoms with E-state index < -0.39 is 0 Å². The Morgan fingerprint density at radius 1 is 1.53 bits per heavy atom. The molecule has 0 radical (unpaired) electrons. The molecule has 0 unspecified atom stereocenters. The third-order valence-corrected chi connectivity index (χ3v) is 2.94. The molecule has 80 valence electrons. The van der Waals surface area contributed by atoms with Crippen LogP contribution in [0, 0.1) is 6.92 Å². The summed E-state index contributed by atoms with van der Waals surface area (Å²) >= 11 is 3.47. The Morgan fingerprint density at radius 3 is 2.73 bits per heavy atom. The number of nitrogens with two attached hydrogens (primary N) is 1. The fourth-order valence-electron chi connectivity index (χ4n) is 1.08. The first-order chi connectivity index (χ1) is 7.04. The molecule has 0 saturated carbocycles. The summed E-state index contributed by atoms with van der Waals surface area (Å²) in [7, 11) is 1.55. The topological polar surface area (TPSA) is 35.2 Å². The Hall–Kier alpha value is -1.22. The van der Waals surface area contributed by atoms with E-state index in [-0.39, 0.29) is 0 Å². The highest BCUT2D eigenvalue weighted by Crippen LogP contribution is 2.19. The second-order valence-corrected chi connectivity index (χ2v) is 4.09. The fraction of sp³-hybridized carbons (Fsp3) is 0.167. The summed E-state index contributed by atoms with van der Waals surface area (Å²) < 4.78 is 6.00. The average Bonchev–Trinajstić information content (AvgIpc) is 2.22. The van der Waals surface area contributed by atoms with Crippen molar-refractivity contribution in [1.82, 2.24) is 0 Å². The predicted octanol–water partition coefficient (Wildman–Crippen LogP) is 3.22. The number of ether oxygens (including phenoxy) is 1. The highest BCUT2D eigenvalue weighted by atomic mass is 79.9. The molecule has 0 spiro atoms. The van der Waals surface area contributed by atoms with E-state index in [1.54, 1.807) is 7.11 Å². The summed E-state index contributed by atoms with van der Waals surface area (Å²) in [5.74, 6) is 0.478. The minimum absolute atomic E-state index is 0.478. The minimum Gasteiger partial charge on any atom is -0.495 e. The van der Waals surface area contributed by atoms with Gasteiger partial charge in [0.15, 0.2) is 0 Å². The number of hydrogen-bond donors (Lipinski definition) is 1. The molecule has 0 bridgehead atoms. The number of hydrogen-bond acceptors (Lipinski definition) is 2. The van der Waals surface area contributed by atoms with Crippen molar-refractivity contribution in [3.63, 3.8) is 0 Å². The highest BCUT2D eigenvalue weighted by molar-refractivity contribution is 9.10. The minimum atomic E-state index is 0.478. The van der Waals surface area contributed by atoms with Gasteiger partial charge in [-0.1, -0.05) is 34.6 Å². The van der Waals surface area contributed by atoms with Gasteiger partial charge in [0, 0.05) is 4.47 Å². The van der Waals surface area contributed by atoms with Gasteiger partial charge in [-0.05, 0) is 30.2 Å². The van der Waals surface area contributed by atoms with Gasteiger partial charge < -0.3 is 10.5 Å². The Labute approximate surface area is 98.6 Å². The zero-order chi connectivity index (χ0) is 11.4. The maximum absolute atomic E-state index is 5.77.